The average molecular weight is 305 g/mol. The molecule has 48 valence electrons. The summed E-state index contributed by atoms with van der Waals surface area (Å²) in [5.74, 6) is 0. The van der Waals surface area contributed by atoms with Crippen LogP contribution in [0.15, 0.2) is 0 Å². The second-order valence-electron chi connectivity index (χ2n) is 0.658. The molecule has 0 aliphatic heterocycles. The molecule has 7 heavy (non-hydrogen) atoms. The van der Waals surface area contributed by atoms with Crippen LogP contribution in [-0.4, -0.2) is 14.2 Å². The molecule has 0 rings (SSSR count). The third-order valence-corrected chi connectivity index (χ3v) is 1.00. The summed E-state index contributed by atoms with van der Waals surface area (Å²) >= 11 is 0. The van der Waals surface area contributed by atoms with Crippen LogP contribution in [0.25, 0.3) is 0 Å². The zero-order chi connectivity index (χ0) is 4.99. The summed E-state index contributed by atoms with van der Waals surface area (Å²) < 4.78 is 18.4. The van der Waals surface area contributed by atoms with Gasteiger partial charge in [0.2, 0.25) is 0 Å². The van der Waals surface area contributed by atoms with Gasteiger partial charge < -0.3 is 9.05 Å². The molecule has 0 amide bonds. The second kappa shape index (κ2) is 6.84. The minimum atomic E-state index is -2.12. The largest absolute Gasteiger partial charge is 0.318 e. The van der Waals surface area contributed by atoms with Crippen molar-refractivity contribution in [3.63, 3.8) is 0 Å². The van der Waals surface area contributed by atoms with E-state index in [1.807, 2.05) is 0 Å². The van der Waals surface area contributed by atoms with Crippen LogP contribution in [0.4, 0.5) is 0 Å². The fourth-order valence-corrected chi connectivity index (χ4v) is 0.250. The fraction of sp³-hybridized carbons (Fsp3) is 1.00. The topological polar surface area (TPSA) is 35.5 Å². The second-order valence-corrected chi connectivity index (χ2v) is 1.97. The van der Waals surface area contributed by atoms with E-state index in [4.69, 9.17) is 0 Å². The monoisotopic (exact) mass is 305 g/mol. The van der Waals surface area contributed by atoms with Crippen LogP contribution in [0.3, 0.4) is 0 Å². The van der Waals surface area contributed by atoms with Crippen molar-refractivity contribution in [3.8, 4) is 0 Å². The molecule has 0 aliphatic rings. The number of hydrogen-bond donors (Lipinski definition) is 0. The van der Waals surface area contributed by atoms with E-state index in [0.29, 0.717) is 0 Å². The minimum absolute atomic E-state index is 0. The number of hydrogen-bond acceptors (Lipinski definition) is 3. The van der Waals surface area contributed by atoms with Gasteiger partial charge in [-0.2, -0.15) is 0 Å². The van der Waals surface area contributed by atoms with Crippen LogP contribution in [-0.2, 0) is 34.7 Å². The van der Waals surface area contributed by atoms with E-state index >= 15 is 0 Å². The van der Waals surface area contributed by atoms with Gasteiger partial charge >= 0.3 is 8.25 Å². The molecule has 0 fully saturated rings. The van der Waals surface area contributed by atoms with Gasteiger partial charge in [-0.05, 0) is 0 Å². The Balaban J connectivity index is 0. The van der Waals surface area contributed by atoms with E-state index in [9.17, 15) is 4.57 Å². The summed E-state index contributed by atoms with van der Waals surface area (Å²) in [6, 6.07) is 0. The molecule has 0 aromatic heterocycles. The van der Waals surface area contributed by atoms with Gasteiger partial charge in [-0.1, -0.05) is 0 Å². The van der Waals surface area contributed by atoms with Crippen molar-refractivity contribution < 1.29 is 34.7 Å². The predicted molar refractivity (Wildman–Crippen MR) is 23.0 cm³/mol. The normalized spacial score (nSPS) is 8.43. The molecule has 0 heterocycles. The Labute approximate surface area is 57.6 Å². The first-order chi connectivity index (χ1) is 2.81. The zero-order valence-corrected chi connectivity index (χ0v) is 7.31. The Morgan fingerprint density at radius 3 is 1.57 bits per heavy atom. The summed E-state index contributed by atoms with van der Waals surface area (Å²) in [4.78, 5) is 0. The maximum Gasteiger partial charge on any atom is 0.318 e. The van der Waals surface area contributed by atoms with Crippen LogP contribution in [0, 0.1) is 0 Å². The van der Waals surface area contributed by atoms with Crippen molar-refractivity contribution >= 4 is 8.25 Å². The van der Waals surface area contributed by atoms with Crippen molar-refractivity contribution in [3.05, 3.63) is 0 Å². The van der Waals surface area contributed by atoms with Gasteiger partial charge in [0.05, 0.1) is 0 Å². The molecule has 0 atom stereocenters. The van der Waals surface area contributed by atoms with Crippen LogP contribution >= 0.6 is 8.25 Å². The first kappa shape index (κ1) is 10.8. The first-order valence-electron chi connectivity index (χ1n) is 1.43. The molecule has 0 unspecified atom stereocenters. The van der Waals surface area contributed by atoms with Gasteiger partial charge in [0.15, 0.2) is 0 Å². The zero-order valence-electron chi connectivity index (χ0n) is 4.04. The van der Waals surface area contributed by atoms with Gasteiger partial charge in [0, 0.05) is 35.3 Å². The predicted octanol–water partition coefficient (Wildman–Crippen LogP) is 0.666. The minimum Gasteiger partial charge on any atom is -0.314 e. The van der Waals surface area contributed by atoms with E-state index in [0.717, 1.165) is 0 Å². The summed E-state index contributed by atoms with van der Waals surface area (Å²) in [6.07, 6.45) is 0. The number of rotatable bonds is 2. The van der Waals surface area contributed by atoms with Gasteiger partial charge in [-0.25, -0.2) is 0 Å². The molecule has 0 aromatic rings. The van der Waals surface area contributed by atoms with Crippen molar-refractivity contribution in [2.75, 3.05) is 14.2 Å². The Morgan fingerprint density at radius 2 is 1.57 bits per heavy atom. The molecule has 0 bridgehead atoms. The standard InChI is InChI=1S/C2H7O3P.Pt/c1-4-6(3)5-2;/h6H,1-2H3;. The summed E-state index contributed by atoms with van der Waals surface area (Å²) in [5.41, 5.74) is 0. The maximum absolute atomic E-state index is 9.92. The van der Waals surface area contributed by atoms with Gasteiger partial charge in [0.1, 0.15) is 0 Å². The summed E-state index contributed by atoms with van der Waals surface area (Å²) in [5, 5.41) is 0. The molecular weight excluding hydrogens is 298 g/mol. The van der Waals surface area contributed by atoms with Crippen molar-refractivity contribution in [2.45, 2.75) is 0 Å². The van der Waals surface area contributed by atoms with Crippen molar-refractivity contribution in [2.24, 2.45) is 0 Å². The van der Waals surface area contributed by atoms with Crippen molar-refractivity contribution in [1.82, 2.24) is 0 Å². The first-order valence-corrected chi connectivity index (χ1v) is 2.65. The third-order valence-electron chi connectivity index (χ3n) is 0.333. The van der Waals surface area contributed by atoms with E-state index in [1.54, 1.807) is 0 Å². The molecule has 3 nitrogen and oxygen atoms in total. The van der Waals surface area contributed by atoms with E-state index in [-0.39, 0.29) is 21.1 Å². The smallest absolute Gasteiger partial charge is 0.314 e. The molecule has 0 spiro atoms. The van der Waals surface area contributed by atoms with E-state index in [1.165, 1.54) is 14.2 Å². The molecule has 0 N–H and O–H groups in total. The van der Waals surface area contributed by atoms with Gasteiger partial charge in [-0.3, -0.25) is 4.57 Å². The van der Waals surface area contributed by atoms with Crippen LogP contribution < -0.4 is 0 Å². The van der Waals surface area contributed by atoms with Crippen molar-refractivity contribution in [1.29, 1.82) is 0 Å². The molecule has 0 saturated heterocycles. The molecule has 0 aliphatic carbocycles. The quantitative estimate of drug-likeness (QED) is 0.703. The Kier molecular flexibility index (Phi) is 10.5. The van der Waals surface area contributed by atoms with Gasteiger partial charge in [-0.15, -0.1) is 0 Å². The van der Waals surface area contributed by atoms with Crippen LogP contribution in [0.5, 0.6) is 0 Å². The SMILES string of the molecule is CO[PH](=O)OC.[Pt]. The molecule has 5 heteroatoms. The fourth-order valence-electron chi connectivity index (χ4n) is 0.0833. The molecule has 0 aromatic carbocycles. The molecular formula is C2H7O3PPt. The Morgan fingerprint density at radius 1 is 1.29 bits per heavy atom. The Bertz CT molecular complexity index is 50.9. The van der Waals surface area contributed by atoms with E-state index < -0.39 is 8.25 Å². The summed E-state index contributed by atoms with van der Waals surface area (Å²) in [7, 11) is 0.558. The Hall–Kier alpha value is 0.838. The van der Waals surface area contributed by atoms with E-state index in [2.05, 4.69) is 9.05 Å². The summed E-state index contributed by atoms with van der Waals surface area (Å²) in [6.45, 7) is 0. The third kappa shape index (κ3) is 6.84. The van der Waals surface area contributed by atoms with Crippen LogP contribution in [0.2, 0.25) is 0 Å². The molecule has 0 saturated carbocycles. The van der Waals surface area contributed by atoms with Crippen LogP contribution in [0.1, 0.15) is 0 Å². The maximum atomic E-state index is 9.92. The molecule has 0 radical (unpaired) electrons. The average Bonchev–Trinajstić information content (AvgIpc) is 1.65. The van der Waals surface area contributed by atoms with Gasteiger partial charge in [0.25, 0.3) is 0 Å².